The van der Waals surface area contributed by atoms with E-state index in [0.29, 0.717) is 27.5 Å². The number of hydrogen-bond donors (Lipinski definition) is 1. The van der Waals surface area contributed by atoms with Gasteiger partial charge in [-0.25, -0.2) is 17.2 Å². The smallest absolute Gasteiger partial charge is 0.244 e. The Morgan fingerprint density at radius 2 is 1.77 bits per heavy atom. The van der Waals surface area contributed by atoms with Crippen LogP contribution < -0.4 is 9.62 Å². The Hall–Kier alpha value is -2.72. The van der Waals surface area contributed by atoms with E-state index >= 15 is 0 Å². The number of halogens is 3. The van der Waals surface area contributed by atoms with Gasteiger partial charge in [0.05, 0.1) is 11.9 Å². The third-order valence-electron chi connectivity index (χ3n) is 5.38. The van der Waals surface area contributed by atoms with Crippen LogP contribution in [0, 0.1) is 11.6 Å². The summed E-state index contributed by atoms with van der Waals surface area (Å²) in [5.74, 6) is -3.47. The summed E-state index contributed by atoms with van der Waals surface area (Å²) < 4.78 is 52.9. The molecule has 0 aliphatic rings. The molecule has 0 heterocycles. The van der Waals surface area contributed by atoms with Gasteiger partial charge in [-0.1, -0.05) is 50.1 Å². The fourth-order valence-corrected chi connectivity index (χ4v) is 4.53. The minimum absolute atomic E-state index is 0.0480. The number of nitrogens with zero attached hydrogens (tertiary/aromatic N) is 2. The van der Waals surface area contributed by atoms with Gasteiger partial charge in [-0.05, 0) is 36.6 Å². The summed E-state index contributed by atoms with van der Waals surface area (Å²) in [5.41, 5.74) is 0.360. The molecule has 2 amide bonds. The normalized spacial score (nSPS) is 12.2. The Labute approximate surface area is 210 Å². The molecule has 0 radical (unpaired) electrons. The maximum Gasteiger partial charge on any atom is 0.244 e. The van der Waals surface area contributed by atoms with Gasteiger partial charge in [0.2, 0.25) is 21.8 Å². The summed E-state index contributed by atoms with van der Waals surface area (Å²) >= 11 is 6.29. The average molecular weight is 530 g/mol. The van der Waals surface area contributed by atoms with E-state index in [1.807, 2.05) is 6.92 Å². The lowest BCUT2D eigenvalue weighted by Crippen LogP contribution is -2.52. The highest BCUT2D eigenvalue weighted by Gasteiger charge is 2.32. The Bertz CT molecular complexity index is 1150. The zero-order chi connectivity index (χ0) is 26.2. The highest BCUT2D eigenvalue weighted by atomic mass is 35.5. The molecule has 7 nitrogen and oxygen atoms in total. The van der Waals surface area contributed by atoms with Gasteiger partial charge < -0.3 is 10.2 Å². The van der Waals surface area contributed by atoms with Crippen molar-refractivity contribution < 1.29 is 26.8 Å². The van der Waals surface area contributed by atoms with Gasteiger partial charge in [-0.3, -0.25) is 13.9 Å². The summed E-state index contributed by atoms with van der Waals surface area (Å²) in [6.45, 7) is 3.39. The maximum absolute atomic E-state index is 13.8. The second kappa shape index (κ2) is 12.8. The third kappa shape index (κ3) is 7.90. The largest absolute Gasteiger partial charge is 0.354 e. The first-order valence-electron chi connectivity index (χ1n) is 11.2. The summed E-state index contributed by atoms with van der Waals surface area (Å²) in [6.07, 6.45) is 2.75. The van der Waals surface area contributed by atoms with Crippen LogP contribution in [-0.2, 0) is 26.2 Å². The van der Waals surface area contributed by atoms with Crippen molar-refractivity contribution in [2.24, 2.45) is 0 Å². The number of carbonyl (C=O) groups excluding carboxylic acids is 2. The molecule has 0 aliphatic carbocycles. The lowest BCUT2D eigenvalue weighted by molar-refractivity contribution is -0.140. The molecular formula is C24H30ClF2N3O4S. The van der Waals surface area contributed by atoms with Crippen molar-refractivity contribution in [1.29, 1.82) is 0 Å². The molecule has 0 aliphatic heterocycles. The molecule has 0 fully saturated rings. The number of rotatable bonds is 12. The minimum atomic E-state index is -4.06. The molecule has 1 N–H and O–H groups in total. The van der Waals surface area contributed by atoms with E-state index < -0.39 is 40.2 Å². The SMILES string of the molecule is CCCCNC(=O)[C@@H](CC)N(Cc1ccccc1Cl)C(=O)CN(c1ccc(F)c(F)c1)S(C)(=O)=O. The van der Waals surface area contributed by atoms with Crippen LogP contribution in [-0.4, -0.2) is 50.5 Å². The number of amides is 2. The van der Waals surface area contributed by atoms with E-state index in [2.05, 4.69) is 5.32 Å². The number of unbranched alkanes of at least 4 members (excludes halogenated alkanes) is 1. The number of nitrogens with one attached hydrogen (secondary N) is 1. The molecule has 35 heavy (non-hydrogen) atoms. The molecule has 2 aromatic rings. The van der Waals surface area contributed by atoms with Crippen LogP contribution in [0.5, 0.6) is 0 Å². The van der Waals surface area contributed by atoms with E-state index in [-0.39, 0.29) is 24.6 Å². The number of benzene rings is 2. The van der Waals surface area contributed by atoms with Crippen molar-refractivity contribution in [3.05, 3.63) is 64.7 Å². The summed E-state index contributed by atoms with van der Waals surface area (Å²) in [5, 5.41) is 3.19. The predicted molar refractivity (Wildman–Crippen MR) is 133 cm³/mol. The maximum atomic E-state index is 13.8. The molecule has 0 unspecified atom stereocenters. The first-order chi connectivity index (χ1) is 16.5. The van der Waals surface area contributed by atoms with E-state index in [1.54, 1.807) is 31.2 Å². The van der Waals surface area contributed by atoms with Crippen LogP contribution in [0.2, 0.25) is 5.02 Å². The number of hydrogen-bond acceptors (Lipinski definition) is 4. The van der Waals surface area contributed by atoms with Gasteiger partial charge in [0.15, 0.2) is 11.6 Å². The number of anilines is 1. The Balaban J connectivity index is 2.43. The van der Waals surface area contributed by atoms with Gasteiger partial charge in [-0.15, -0.1) is 0 Å². The number of sulfonamides is 1. The lowest BCUT2D eigenvalue weighted by Gasteiger charge is -2.33. The Morgan fingerprint density at radius 1 is 1.09 bits per heavy atom. The highest BCUT2D eigenvalue weighted by Crippen LogP contribution is 2.23. The molecule has 2 rings (SSSR count). The molecular weight excluding hydrogens is 500 g/mol. The van der Waals surface area contributed by atoms with Crippen molar-refractivity contribution in [2.45, 2.75) is 45.7 Å². The second-order valence-corrected chi connectivity index (χ2v) is 10.4. The predicted octanol–water partition coefficient (Wildman–Crippen LogP) is 4.11. The third-order valence-corrected chi connectivity index (χ3v) is 6.89. The topological polar surface area (TPSA) is 86.8 Å². The van der Waals surface area contributed by atoms with Crippen molar-refractivity contribution in [1.82, 2.24) is 10.2 Å². The van der Waals surface area contributed by atoms with Gasteiger partial charge in [-0.2, -0.15) is 0 Å². The van der Waals surface area contributed by atoms with Gasteiger partial charge in [0.1, 0.15) is 12.6 Å². The zero-order valence-electron chi connectivity index (χ0n) is 19.9. The average Bonchev–Trinajstić information content (AvgIpc) is 2.79. The van der Waals surface area contributed by atoms with E-state index in [0.717, 1.165) is 31.2 Å². The highest BCUT2D eigenvalue weighted by molar-refractivity contribution is 7.92. The van der Waals surface area contributed by atoms with E-state index in [1.165, 1.54) is 4.90 Å². The van der Waals surface area contributed by atoms with Gasteiger partial charge >= 0.3 is 0 Å². The quantitative estimate of drug-likeness (QED) is 0.419. The monoisotopic (exact) mass is 529 g/mol. The molecule has 192 valence electrons. The molecule has 11 heteroatoms. The van der Waals surface area contributed by atoms with Crippen LogP contribution in [0.25, 0.3) is 0 Å². The standard InChI is InChI=1S/C24H30ClF2N3O4S/c1-4-6-13-28-24(32)22(5-2)29(15-17-9-7-8-10-19(17)25)23(31)16-30(35(3,33)34)18-11-12-20(26)21(27)14-18/h7-12,14,22H,4-6,13,15-16H2,1-3H3,(H,28,32)/t22-/m1/s1. The first kappa shape index (κ1) is 28.5. The molecule has 0 saturated carbocycles. The van der Waals surface area contributed by atoms with Gasteiger partial charge in [0.25, 0.3) is 0 Å². The van der Waals surface area contributed by atoms with Crippen molar-refractivity contribution in [2.75, 3.05) is 23.7 Å². The number of carbonyl (C=O) groups is 2. The fourth-order valence-electron chi connectivity index (χ4n) is 3.49. The summed E-state index contributed by atoms with van der Waals surface area (Å²) in [6, 6.07) is 8.46. The second-order valence-electron chi connectivity index (χ2n) is 8.05. The first-order valence-corrected chi connectivity index (χ1v) is 13.5. The van der Waals surface area contributed by atoms with E-state index in [9.17, 15) is 26.8 Å². The van der Waals surface area contributed by atoms with E-state index in [4.69, 9.17) is 11.6 Å². The fraction of sp³-hybridized carbons (Fsp3) is 0.417. The molecule has 0 aromatic heterocycles. The molecule has 2 aromatic carbocycles. The van der Waals surface area contributed by atoms with Crippen LogP contribution >= 0.6 is 11.6 Å². The Morgan fingerprint density at radius 3 is 2.34 bits per heavy atom. The van der Waals surface area contributed by atoms with Crippen molar-refractivity contribution in [3.63, 3.8) is 0 Å². The summed E-state index contributed by atoms with van der Waals surface area (Å²) in [7, 11) is -4.06. The molecule has 0 bridgehead atoms. The molecule has 0 saturated heterocycles. The van der Waals surface area contributed by atoms with Crippen molar-refractivity contribution >= 4 is 39.1 Å². The van der Waals surface area contributed by atoms with Crippen LogP contribution in [0.15, 0.2) is 42.5 Å². The zero-order valence-corrected chi connectivity index (χ0v) is 21.5. The Kier molecular flexibility index (Phi) is 10.5. The molecule has 1 atom stereocenters. The van der Waals surface area contributed by atoms with Crippen LogP contribution in [0.3, 0.4) is 0 Å². The van der Waals surface area contributed by atoms with Crippen molar-refractivity contribution in [3.8, 4) is 0 Å². The van der Waals surface area contributed by atoms with Crippen LogP contribution in [0.1, 0.15) is 38.7 Å². The van der Waals surface area contributed by atoms with Gasteiger partial charge in [0, 0.05) is 24.2 Å². The van der Waals surface area contributed by atoms with Crippen LogP contribution in [0.4, 0.5) is 14.5 Å². The molecule has 0 spiro atoms. The minimum Gasteiger partial charge on any atom is -0.354 e. The lowest BCUT2D eigenvalue weighted by atomic mass is 10.1. The summed E-state index contributed by atoms with van der Waals surface area (Å²) in [4.78, 5) is 27.7.